The highest BCUT2D eigenvalue weighted by atomic mass is 32.1. The maximum absolute atomic E-state index is 5.56. The van der Waals surface area contributed by atoms with Crippen molar-refractivity contribution in [3.63, 3.8) is 0 Å². The van der Waals surface area contributed by atoms with Gasteiger partial charge in [-0.15, -0.1) is 0 Å². The molecule has 0 saturated carbocycles. The number of rotatable bonds is 1. The predicted octanol–water partition coefficient (Wildman–Crippen LogP) is 2.34. The molecule has 2 aromatic heterocycles. The highest BCUT2D eigenvalue weighted by molar-refractivity contribution is 7.09. The molecule has 0 aliphatic carbocycles. The van der Waals surface area contributed by atoms with Crippen LogP contribution in [0.5, 0.6) is 0 Å². The number of nitrogen functional groups attached to an aromatic ring is 1. The first-order valence-corrected chi connectivity index (χ1v) is 5.54. The highest BCUT2D eigenvalue weighted by Crippen LogP contribution is 2.22. The lowest BCUT2D eigenvalue weighted by Crippen LogP contribution is -1.85. The molecule has 0 saturated heterocycles. The van der Waals surface area contributed by atoms with E-state index in [0.717, 1.165) is 16.5 Å². The molecule has 0 spiro atoms. The van der Waals surface area contributed by atoms with E-state index in [1.807, 2.05) is 30.3 Å². The standard InChI is InChI=1S/C11H8N4S/c12-11-14-10(15-16-11)8-3-4-9-7(6-8)2-1-5-13-9/h1-6H,(H2,12,14,15). The average Bonchev–Trinajstić information content (AvgIpc) is 2.75. The molecule has 0 aliphatic heterocycles. The van der Waals surface area contributed by atoms with Gasteiger partial charge in [0, 0.05) is 28.7 Å². The summed E-state index contributed by atoms with van der Waals surface area (Å²) in [6.07, 6.45) is 1.78. The van der Waals surface area contributed by atoms with Crippen LogP contribution in [-0.4, -0.2) is 14.3 Å². The summed E-state index contributed by atoms with van der Waals surface area (Å²) in [7, 11) is 0. The fraction of sp³-hybridized carbons (Fsp3) is 0. The highest BCUT2D eigenvalue weighted by Gasteiger charge is 2.05. The molecule has 2 N–H and O–H groups in total. The summed E-state index contributed by atoms with van der Waals surface area (Å²) in [5.74, 6) is 0.674. The molecule has 1 aromatic carbocycles. The fourth-order valence-electron chi connectivity index (χ4n) is 1.57. The van der Waals surface area contributed by atoms with Crippen molar-refractivity contribution in [1.29, 1.82) is 0 Å². The average molecular weight is 228 g/mol. The molecule has 0 aliphatic rings. The van der Waals surface area contributed by atoms with Gasteiger partial charge in [0.05, 0.1) is 5.52 Å². The Hall–Kier alpha value is -2.01. The van der Waals surface area contributed by atoms with Crippen molar-refractivity contribution >= 4 is 27.6 Å². The second-order valence-electron chi connectivity index (χ2n) is 3.37. The van der Waals surface area contributed by atoms with Gasteiger partial charge in [-0.1, -0.05) is 6.07 Å². The largest absolute Gasteiger partial charge is 0.374 e. The van der Waals surface area contributed by atoms with Gasteiger partial charge in [-0.2, -0.15) is 9.36 Å². The van der Waals surface area contributed by atoms with Crippen molar-refractivity contribution in [2.24, 2.45) is 0 Å². The summed E-state index contributed by atoms with van der Waals surface area (Å²) in [5.41, 5.74) is 7.49. The Bertz CT molecular complexity index is 647. The zero-order valence-electron chi connectivity index (χ0n) is 8.29. The molecule has 3 rings (SSSR count). The number of fused-ring (bicyclic) bond motifs is 1. The van der Waals surface area contributed by atoms with Crippen LogP contribution in [-0.2, 0) is 0 Å². The van der Waals surface area contributed by atoms with E-state index in [-0.39, 0.29) is 0 Å². The second kappa shape index (κ2) is 3.53. The van der Waals surface area contributed by atoms with E-state index in [9.17, 15) is 0 Å². The number of nitrogens with two attached hydrogens (primary N) is 1. The maximum Gasteiger partial charge on any atom is 0.200 e. The molecule has 0 unspecified atom stereocenters. The third-order valence-corrected chi connectivity index (χ3v) is 2.85. The van der Waals surface area contributed by atoms with Gasteiger partial charge in [0.25, 0.3) is 0 Å². The minimum Gasteiger partial charge on any atom is -0.374 e. The summed E-state index contributed by atoms with van der Waals surface area (Å²) in [4.78, 5) is 8.41. The van der Waals surface area contributed by atoms with Gasteiger partial charge >= 0.3 is 0 Å². The smallest absolute Gasteiger partial charge is 0.200 e. The lowest BCUT2D eigenvalue weighted by molar-refractivity contribution is 1.33. The summed E-state index contributed by atoms with van der Waals surface area (Å²) in [5, 5.41) is 1.56. The lowest BCUT2D eigenvalue weighted by Gasteiger charge is -1.98. The van der Waals surface area contributed by atoms with Crippen molar-refractivity contribution in [1.82, 2.24) is 14.3 Å². The molecule has 2 heterocycles. The van der Waals surface area contributed by atoms with Gasteiger partial charge in [-0.25, -0.2) is 0 Å². The van der Waals surface area contributed by atoms with Gasteiger partial charge in [-0.05, 0) is 24.3 Å². The van der Waals surface area contributed by atoms with Gasteiger partial charge in [-0.3, -0.25) is 4.98 Å². The third kappa shape index (κ3) is 1.51. The molecule has 78 valence electrons. The van der Waals surface area contributed by atoms with Crippen LogP contribution in [0.2, 0.25) is 0 Å². The van der Waals surface area contributed by atoms with Crippen molar-refractivity contribution in [2.75, 3.05) is 5.73 Å². The van der Waals surface area contributed by atoms with E-state index in [0.29, 0.717) is 11.0 Å². The van der Waals surface area contributed by atoms with Crippen LogP contribution in [0, 0.1) is 0 Å². The van der Waals surface area contributed by atoms with Crippen LogP contribution in [0.25, 0.3) is 22.3 Å². The summed E-state index contributed by atoms with van der Waals surface area (Å²) >= 11 is 1.21. The second-order valence-corrected chi connectivity index (χ2v) is 4.15. The molecule has 4 nitrogen and oxygen atoms in total. The number of pyridine rings is 1. The summed E-state index contributed by atoms with van der Waals surface area (Å²) in [6, 6.07) is 9.86. The molecule has 0 bridgehead atoms. The number of hydrogen-bond donors (Lipinski definition) is 1. The Morgan fingerprint density at radius 2 is 2.12 bits per heavy atom. The number of aromatic nitrogens is 3. The van der Waals surface area contributed by atoms with Crippen molar-refractivity contribution in [2.45, 2.75) is 0 Å². The Morgan fingerprint density at radius 1 is 1.19 bits per heavy atom. The minimum atomic E-state index is 0.487. The Labute approximate surface area is 96.0 Å². The van der Waals surface area contributed by atoms with E-state index >= 15 is 0 Å². The zero-order chi connectivity index (χ0) is 11.0. The third-order valence-electron chi connectivity index (χ3n) is 2.30. The zero-order valence-corrected chi connectivity index (χ0v) is 9.11. The number of nitrogens with zero attached hydrogens (tertiary/aromatic N) is 3. The molecule has 5 heteroatoms. The Kier molecular flexibility index (Phi) is 2.04. The molecular formula is C11H8N4S. The maximum atomic E-state index is 5.56. The first-order valence-electron chi connectivity index (χ1n) is 4.77. The van der Waals surface area contributed by atoms with Crippen LogP contribution in [0.3, 0.4) is 0 Å². The first kappa shape index (κ1) is 9.23. The SMILES string of the molecule is Nc1nc(-c2ccc3ncccc3c2)ns1. The van der Waals surface area contributed by atoms with Gasteiger partial charge in [0.1, 0.15) is 0 Å². The molecule has 0 fully saturated rings. The molecule has 0 amide bonds. The first-order chi connectivity index (χ1) is 7.83. The number of anilines is 1. The van der Waals surface area contributed by atoms with E-state index in [2.05, 4.69) is 14.3 Å². The van der Waals surface area contributed by atoms with Crippen LogP contribution in [0.1, 0.15) is 0 Å². The van der Waals surface area contributed by atoms with E-state index < -0.39 is 0 Å². The van der Waals surface area contributed by atoms with Crippen LogP contribution < -0.4 is 5.73 Å². The minimum absolute atomic E-state index is 0.487. The normalized spacial score (nSPS) is 10.8. The van der Waals surface area contributed by atoms with E-state index in [1.54, 1.807) is 6.20 Å². The lowest BCUT2D eigenvalue weighted by atomic mass is 10.1. The van der Waals surface area contributed by atoms with E-state index in [1.165, 1.54) is 11.5 Å². The molecule has 3 aromatic rings. The van der Waals surface area contributed by atoms with Gasteiger partial charge in [0.15, 0.2) is 11.0 Å². The molecule has 0 atom stereocenters. The molecular weight excluding hydrogens is 220 g/mol. The number of benzene rings is 1. The van der Waals surface area contributed by atoms with E-state index in [4.69, 9.17) is 5.73 Å². The van der Waals surface area contributed by atoms with Crippen molar-refractivity contribution in [3.05, 3.63) is 36.5 Å². The molecule has 16 heavy (non-hydrogen) atoms. The quantitative estimate of drug-likeness (QED) is 0.694. The van der Waals surface area contributed by atoms with Crippen LogP contribution in [0.4, 0.5) is 5.13 Å². The molecule has 0 radical (unpaired) electrons. The van der Waals surface area contributed by atoms with Gasteiger partial charge < -0.3 is 5.73 Å². The van der Waals surface area contributed by atoms with Crippen LogP contribution in [0.15, 0.2) is 36.5 Å². The number of hydrogen-bond acceptors (Lipinski definition) is 5. The predicted molar refractivity (Wildman–Crippen MR) is 65.1 cm³/mol. The van der Waals surface area contributed by atoms with Crippen LogP contribution >= 0.6 is 11.5 Å². The van der Waals surface area contributed by atoms with Gasteiger partial charge in [0.2, 0.25) is 0 Å². The van der Waals surface area contributed by atoms with Crippen molar-refractivity contribution < 1.29 is 0 Å². The fourth-order valence-corrected chi connectivity index (χ4v) is 2.02. The summed E-state index contributed by atoms with van der Waals surface area (Å²) < 4.78 is 4.18. The Morgan fingerprint density at radius 3 is 2.94 bits per heavy atom. The monoisotopic (exact) mass is 228 g/mol. The Balaban J connectivity index is 2.18. The van der Waals surface area contributed by atoms with Crippen molar-refractivity contribution in [3.8, 4) is 11.4 Å². The summed E-state index contributed by atoms with van der Waals surface area (Å²) in [6.45, 7) is 0. The topological polar surface area (TPSA) is 64.7 Å².